The number of anilines is 1. The Kier molecular flexibility index (Phi) is 4.15. The fourth-order valence-electron chi connectivity index (χ4n) is 2.22. The largest absolute Gasteiger partial charge is 0.467 e. The van der Waals surface area contributed by atoms with Crippen molar-refractivity contribution in [2.24, 2.45) is 0 Å². The minimum Gasteiger partial charge on any atom is -0.467 e. The van der Waals surface area contributed by atoms with Gasteiger partial charge in [-0.2, -0.15) is 0 Å². The molecule has 0 atom stereocenters. The summed E-state index contributed by atoms with van der Waals surface area (Å²) in [5.41, 5.74) is 0.386. The second-order valence-corrected chi connectivity index (χ2v) is 5.20. The monoisotopic (exact) mass is 326 g/mol. The third kappa shape index (κ3) is 3.35. The molecule has 3 aromatic rings. The Hall–Kier alpha value is -3.35. The first-order valence-corrected chi connectivity index (χ1v) is 7.16. The van der Waals surface area contributed by atoms with E-state index in [-0.39, 0.29) is 6.54 Å². The van der Waals surface area contributed by atoms with Crippen LogP contribution in [-0.4, -0.2) is 23.8 Å². The molecule has 0 aliphatic carbocycles. The van der Waals surface area contributed by atoms with E-state index in [0.29, 0.717) is 22.4 Å². The second kappa shape index (κ2) is 6.41. The van der Waals surface area contributed by atoms with Crippen LogP contribution in [0.2, 0.25) is 0 Å². The first kappa shape index (κ1) is 15.5. The van der Waals surface area contributed by atoms with Crippen molar-refractivity contribution in [3.8, 4) is 0 Å². The second-order valence-electron chi connectivity index (χ2n) is 5.20. The van der Waals surface area contributed by atoms with Gasteiger partial charge in [-0.25, -0.2) is 4.79 Å². The van der Waals surface area contributed by atoms with Crippen LogP contribution in [0.25, 0.3) is 11.0 Å². The summed E-state index contributed by atoms with van der Waals surface area (Å²) in [4.78, 5) is 36.6. The van der Waals surface area contributed by atoms with Crippen molar-refractivity contribution >= 4 is 28.5 Å². The van der Waals surface area contributed by atoms with Crippen molar-refractivity contribution in [2.75, 3.05) is 12.4 Å². The molecule has 0 aliphatic rings. The van der Waals surface area contributed by atoms with Crippen LogP contribution in [0.1, 0.15) is 5.76 Å². The number of benzene rings is 1. The maximum atomic E-state index is 12.1. The standard InChI is InChI=1S/C17H14N2O5/c1-19(10-13-3-2-8-23-13)17(22)16(21)18-12-5-6-14-11(9-12)4-7-15(20)24-14/h2-9H,10H2,1H3,(H,18,21). The predicted molar refractivity (Wildman–Crippen MR) is 86.3 cm³/mol. The zero-order valence-corrected chi connectivity index (χ0v) is 12.8. The fraction of sp³-hybridized carbons (Fsp3) is 0.118. The van der Waals surface area contributed by atoms with Crippen LogP contribution in [0.15, 0.2) is 62.4 Å². The van der Waals surface area contributed by atoms with Crippen LogP contribution in [0, 0.1) is 0 Å². The van der Waals surface area contributed by atoms with Gasteiger partial charge in [-0.1, -0.05) is 0 Å². The molecule has 122 valence electrons. The Labute approximate surface area is 136 Å². The smallest absolute Gasteiger partial charge is 0.336 e. The molecule has 0 unspecified atom stereocenters. The number of likely N-dealkylation sites (N-methyl/N-ethyl adjacent to an activating group) is 1. The van der Waals surface area contributed by atoms with Gasteiger partial charge in [0.15, 0.2) is 0 Å². The molecule has 3 rings (SSSR count). The van der Waals surface area contributed by atoms with Crippen molar-refractivity contribution in [2.45, 2.75) is 6.54 Å². The molecule has 0 saturated heterocycles. The average molecular weight is 326 g/mol. The molecule has 24 heavy (non-hydrogen) atoms. The number of nitrogens with one attached hydrogen (secondary N) is 1. The highest BCUT2D eigenvalue weighted by Gasteiger charge is 2.19. The minimum absolute atomic E-state index is 0.197. The highest BCUT2D eigenvalue weighted by atomic mass is 16.4. The van der Waals surface area contributed by atoms with Crippen molar-refractivity contribution in [1.82, 2.24) is 4.90 Å². The lowest BCUT2D eigenvalue weighted by Crippen LogP contribution is -2.36. The molecule has 7 heteroatoms. The molecule has 0 aliphatic heterocycles. The maximum Gasteiger partial charge on any atom is 0.336 e. The van der Waals surface area contributed by atoms with E-state index in [4.69, 9.17) is 8.83 Å². The molecule has 2 aromatic heterocycles. The van der Waals surface area contributed by atoms with Gasteiger partial charge in [0.05, 0.1) is 12.8 Å². The third-order valence-electron chi connectivity index (χ3n) is 3.39. The van der Waals surface area contributed by atoms with Crippen LogP contribution < -0.4 is 10.9 Å². The van der Waals surface area contributed by atoms with Crippen LogP contribution in [0.4, 0.5) is 5.69 Å². The number of carbonyl (C=O) groups is 2. The van der Waals surface area contributed by atoms with E-state index in [0.717, 1.165) is 0 Å². The van der Waals surface area contributed by atoms with Gasteiger partial charge in [0.1, 0.15) is 11.3 Å². The van der Waals surface area contributed by atoms with Gasteiger partial charge in [-0.15, -0.1) is 0 Å². The normalized spacial score (nSPS) is 10.5. The van der Waals surface area contributed by atoms with E-state index >= 15 is 0 Å². The zero-order chi connectivity index (χ0) is 17.1. The van der Waals surface area contributed by atoms with Gasteiger partial charge in [0.25, 0.3) is 0 Å². The summed E-state index contributed by atoms with van der Waals surface area (Å²) in [6, 6.07) is 11.0. The number of carbonyl (C=O) groups excluding carboxylic acids is 2. The highest BCUT2D eigenvalue weighted by molar-refractivity contribution is 6.39. The summed E-state index contributed by atoms with van der Waals surface area (Å²) >= 11 is 0. The lowest BCUT2D eigenvalue weighted by Gasteiger charge is -2.15. The number of rotatable bonds is 3. The average Bonchev–Trinajstić information content (AvgIpc) is 3.07. The SMILES string of the molecule is CN(Cc1ccco1)C(=O)C(=O)Nc1ccc2oc(=O)ccc2c1. The van der Waals surface area contributed by atoms with Gasteiger partial charge in [-0.3, -0.25) is 9.59 Å². The summed E-state index contributed by atoms with van der Waals surface area (Å²) in [6.07, 6.45) is 1.50. The van der Waals surface area contributed by atoms with Crippen LogP contribution in [0.5, 0.6) is 0 Å². The van der Waals surface area contributed by atoms with E-state index in [9.17, 15) is 14.4 Å². The third-order valence-corrected chi connectivity index (χ3v) is 3.39. The van der Waals surface area contributed by atoms with E-state index in [2.05, 4.69) is 5.32 Å². The Morgan fingerprint density at radius 3 is 2.75 bits per heavy atom. The molecule has 0 bridgehead atoms. The van der Waals surface area contributed by atoms with E-state index in [1.165, 1.54) is 24.3 Å². The van der Waals surface area contributed by atoms with Crippen LogP contribution in [-0.2, 0) is 16.1 Å². The number of hydrogen-bond acceptors (Lipinski definition) is 5. The Balaban J connectivity index is 1.70. The number of amides is 2. The van der Waals surface area contributed by atoms with Crippen LogP contribution >= 0.6 is 0 Å². The molecular weight excluding hydrogens is 312 g/mol. The molecule has 1 aromatic carbocycles. The lowest BCUT2D eigenvalue weighted by molar-refractivity contribution is -0.142. The fourth-order valence-corrected chi connectivity index (χ4v) is 2.22. The van der Waals surface area contributed by atoms with Gasteiger partial charge < -0.3 is 19.1 Å². The Bertz CT molecular complexity index is 943. The molecule has 7 nitrogen and oxygen atoms in total. The summed E-state index contributed by atoms with van der Waals surface area (Å²) in [5, 5.41) is 3.17. The highest BCUT2D eigenvalue weighted by Crippen LogP contribution is 2.17. The van der Waals surface area contributed by atoms with E-state index in [1.54, 1.807) is 36.4 Å². The quantitative estimate of drug-likeness (QED) is 0.587. The summed E-state index contributed by atoms with van der Waals surface area (Å²) in [6.45, 7) is 0.197. The van der Waals surface area contributed by atoms with Gasteiger partial charge >= 0.3 is 17.4 Å². The number of hydrogen-bond donors (Lipinski definition) is 1. The molecule has 0 fully saturated rings. The molecular formula is C17H14N2O5. The van der Waals surface area contributed by atoms with E-state index < -0.39 is 17.4 Å². The van der Waals surface area contributed by atoms with Gasteiger partial charge in [0, 0.05) is 24.2 Å². The number of fused-ring (bicyclic) bond motifs is 1. The lowest BCUT2D eigenvalue weighted by atomic mass is 10.2. The first-order chi connectivity index (χ1) is 11.5. The van der Waals surface area contributed by atoms with Crippen molar-refractivity contribution in [1.29, 1.82) is 0 Å². The van der Waals surface area contributed by atoms with Gasteiger partial charge in [0.2, 0.25) is 0 Å². The number of furan rings is 1. The Morgan fingerprint density at radius 1 is 1.17 bits per heavy atom. The summed E-state index contributed by atoms with van der Waals surface area (Å²) in [7, 11) is 1.51. The predicted octanol–water partition coefficient (Wildman–Crippen LogP) is 1.98. The zero-order valence-electron chi connectivity index (χ0n) is 12.8. The van der Waals surface area contributed by atoms with Crippen molar-refractivity contribution in [3.05, 3.63) is 64.9 Å². The molecule has 0 radical (unpaired) electrons. The summed E-state index contributed by atoms with van der Waals surface area (Å²) < 4.78 is 10.2. The molecule has 1 N–H and O–H groups in total. The first-order valence-electron chi connectivity index (χ1n) is 7.16. The molecule has 0 spiro atoms. The molecule has 2 amide bonds. The minimum atomic E-state index is -0.763. The van der Waals surface area contributed by atoms with Crippen molar-refractivity contribution in [3.63, 3.8) is 0 Å². The van der Waals surface area contributed by atoms with Crippen molar-refractivity contribution < 1.29 is 18.4 Å². The topological polar surface area (TPSA) is 92.8 Å². The van der Waals surface area contributed by atoms with Crippen LogP contribution in [0.3, 0.4) is 0 Å². The number of nitrogens with zero attached hydrogens (tertiary/aromatic N) is 1. The van der Waals surface area contributed by atoms with E-state index in [1.807, 2.05) is 0 Å². The summed E-state index contributed by atoms with van der Waals surface area (Å²) in [5.74, 6) is -0.869. The molecule has 0 saturated carbocycles. The van der Waals surface area contributed by atoms with Gasteiger partial charge in [-0.05, 0) is 36.4 Å². The Morgan fingerprint density at radius 2 is 2.00 bits per heavy atom. The maximum absolute atomic E-state index is 12.1. The molecule has 2 heterocycles.